The summed E-state index contributed by atoms with van der Waals surface area (Å²) in [5, 5.41) is 0. The van der Waals surface area contributed by atoms with Gasteiger partial charge in [-0.15, -0.1) is 0 Å². The van der Waals surface area contributed by atoms with Crippen LogP contribution in [0.1, 0.15) is 18.4 Å². The molecule has 15 heavy (non-hydrogen) atoms. The van der Waals surface area contributed by atoms with E-state index < -0.39 is 11.6 Å². The lowest BCUT2D eigenvalue weighted by molar-refractivity contribution is 0.146. The van der Waals surface area contributed by atoms with E-state index in [-0.39, 0.29) is 11.7 Å². The normalized spacial score (nSPS) is 21.3. The third-order valence-corrected chi connectivity index (χ3v) is 2.44. The van der Waals surface area contributed by atoms with Crippen molar-refractivity contribution >= 4 is 6.08 Å². The first-order chi connectivity index (χ1) is 7.27. The fourth-order valence-electron chi connectivity index (χ4n) is 1.63. The van der Waals surface area contributed by atoms with E-state index in [1.54, 1.807) is 6.08 Å². The molecule has 3 heteroatoms. The van der Waals surface area contributed by atoms with Gasteiger partial charge in [0.05, 0.1) is 6.10 Å². The molecule has 0 radical (unpaired) electrons. The Morgan fingerprint density at radius 3 is 2.60 bits per heavy atom. The molecule has 0 spiro atoms. The van der Waals surface area contributed by atoms with Gasteiger partial charge in [0.1, 0.15) is 11.6 Å². The summed E-state index contributed by atoms with van der Waals surface area (Å²) >= 11 is 0. The second-order valence-corrected chi connectivity index (χ2v) is 3.55. The molecule has 1 fully saturated rings. The van der Waals surface area contributed by atoms with Gasteiger partial charge in [-0.05, 0) is 25.0 Å². The van der Waals surface area contributed by atoms with E-state index in [1.165, 1.54) is 24.3 Å². The van der Waals surface area contributed by atoms with E-state index >= 15 is 0 Å². The lowest BCUT2D eigenvalue weighted by Crippen LogP contribution is -1.99. The summed E-state index contributed by atoms with van der Waals surface area (Å²) in [6, 6.07) is 3.85. The molecule has 1 saturated heterocycles. The standard InChI is InChI=1S/C12H12F2O/c13-11-4-1-5-12(14)10(11)7-6-9-3-2-8-15-9/h1,4-7,9H,2-3,8H2/b7-6+. The molecule has 0 amide bonds. The molecule has 80 valence electrons. The molecule has 1 heterocycles. The molecule has 0 bridgehead atoms. The molecule has 0 N–H and O–H groups in total. The van der Waals surface area contributed by atoms with Gasteiger partial charge in [-0.3, -0.25) is 0 Å². The molecule has 0 aromatic heterocycles. The Bertz CT molecular complexity index is 348. The topological polar surface area (TPSA) is 9.23 Å². The maximum Gasteiger partial charge on any atom is 0.133 e. The van der Waals surface area contributed by atoms with Gasteiger partial charge in [-0.25, -0.2) is 8.78 Å². The molecule has 0 aliphatic carbocycles. The van der Waals surface area contributed by atoms with Crippen molar-refractivity contribution in [3.05, 3.63) is 41.5 Å². The van der Waals surface area contributed by atoms with E-state index in [4.69, 9.17) is 4.74 Å². The highest BCUT2D eigenvalue weighted by Gasteiger charge is 2.12. The zero-order valence-electron chi connectivity index (χ0n) is 8.25. The maximum absolute atomic E-state index is 13.2. The fourth-order valence-corrected chi connectivity index (χ4v) is 1.63. The van der Waals surface area contributed by atoms with Gasteiger partial charge in [0, 0.05) is 12.2 Å². The molecule has 1 aliphatic heterocycles. The molecule has 1 nitrogen and oxygen atoms in total. The second-order valence-electron chi connectivity index (χ2n) is 3.55. The molecule has 1 atom stereocenters. The predicted molar refractivity (Wildman–Crippen MR) is 54.4 cm³/mol. The number of halogens is 2. The van der Waals surface area contributed by atoms with Crippen molar-refractivity contribution < 1.29 is 13.5 Å². The van der Waals surface area contributed by atoms with Crippen LogP contribution in [-0.4, -0.2) is 12.7 Å². The van der Waals surface area contributed by atoms with E-state index in [1.807, 2.05) is 0 Å². The number of benzene rings is 1. The van der Waals surface area contributed by atoms with Crippen LogP contribution >= 0.6 is 0 Å². The van der Waals surface area contributed by atoms with E-state index in [2.05, 4.69) is 0 Å². The zero-order valence-corrected chi connectivity index (χ0v) is 8.25. The Kier molecular flexibility index (Phi) is 3.11. The Morgan fingerprint density at radius 1 is 1.27 bits per heavy atom. The molecule has 1 aromatic carbocycles. The largest absolute Gasteiger partial charge is 0.374 e. The smallest absolute Gasteiger partial charge is 0.133 e. The Hall–Kier alpha value is -1.22. The van der Waals surface area contributed by atoms with Crippen LogP contribution in [0.15, 0.2) is 24.3 Å². The predicted octanol–water partition coefficient (Wildman–Crippen LogP) is 3.16. The first-order valence-electron chi connectivity index (χ1n) is 5.01. The first-order valence-corrected chi connectivity index (χ1v) is 5.01. The highest BCUT2D eigenvalue weighted by Crippen LogP contribution is 2.18. The van der Waals surface area contributed by atoms with Crippen LogP contribution < -0.4 is 0 Å². The lowest BCUT2D eigenvalue weighted by atomic mass is 10.1. The Morgan fingerprint density at radius 2 is 2.00 bits per heavy atom. The van der Waals surface area contributed by atoms with Gasteiger partial charge >= 0.3 is 0 Å². The van der Waals surface area contributed by atoms with Gasteiger partial charge in [0.2, 0.25) is 0 Å². The van der Waals surface area contributed by atoms with Crippen LogP contribution in [0.2, 0.25) is 0 Å². The van der Waals surface area contributed by atoms with Crippen molar-refractivity contribution in [1.82, 2.24) is 0 Å². The zero-order chi connectivity index (χ0) is 10.7. The molecule has 1 unspecified atom stereocenters. The summed E-state index contributed by atoms with van der Waals surface area (Å²) in [6.45, 7) is 0.731. The summed E-state index contributed by atoms with van der Waals surface area (Å²) < 4.78 is 31.7. The summed E-state index contributed by atoms with van der Waals surface area (Å²) in [6.07, 6.45) is 5.11. The average molecular weight is 210 g/mol. The number of ether oxygens (including phenoxy) is 1. The summed E-state index contributed by atoms with van der Waals surface area (Å²) in [4.78, 5) is 0. The molecule has 1 aromatic rings. The van der Waals surface area contributed by atoms with Crippen molar-refractivity contribution in [2.75, 3.05) is 6.61 Å². The van der Waals surface area contributed by atoms with Gasteiger partial charge < -0.3 is 4.74 Å². The van der Waals surface area contributed by atoms with Crippen molar-refractivity contribution in [2.45, 2.75) is 18.9 Å². The number of hydrogen-bond acceptors (Lipinski definition) is 1. The van der Waals surface area contributed by atoms with Gasteiger partial charge in [-0.2, -0.15) is 0 Å². The first kappa shape index (κ1) is 10.3. The van der Waals surface area contributed by atoms with Crippen LogP contribution in [0.3, 0.4) is 0 Å². The van der Waals surface area contributed by atoms with Crippen LogP contribution in [0.25, 0.3) is 6.08 Å². The van der Waals surface area contributed by atoms with Gasteiger partial charge in [0.15, 0.2) is 0 Å². The lowest BCUT2D eigenvalue weighted by Gasteiger charge is -2.02. The van der Waals surface area contributed by atoms with E-state index in [0.29, 0.717) is 0 Å². The molecule has 1 aliphatic rings. The van der Waals surface area contributed by atoms with Crippen LogP contribution in [0.4, 0.5) is 8.78 Å². The van der Waals surface area contributed by atoms with Crippen molar-refractivity contribution in [3.8, 4) is 0 Å². The minimum atomic E-state index is -0.538. The fraction of sp³-hybridized carbons (Fsp3) is 0.333. The third-order valence-electron chi connectivity index (χ3n) is 2.44. The summed E-state index contributed by atoms with van der Waals surface area (Å²) in [7, 11) is 0. The highest BCUT2D eigenvalue weighted by atomic mass is 19.1. The maximum atomic E-state index is 13.2. The molecule has 2 rings (SSSR count). The van der Waals surface area contributed by atoms with Crippen molar-refractivity contribution in [3.63, 3.8) is 0 Å². The SMILES string of the molecule is Fc1cccc(F)c1/C=C/C1CCCO1. The van der Waals surface area contributed by atoms with Crippen molar-refractivity contribution in [1.29, 1.82) is 0 Å². The number of hydrogen-bond donors (Lipinski definition) is 0. The molecular formula is C12H12F2O. The number of rotatable bonds is 2. The Labute approximate surface area is 87.4 Å². The molecule has 0 saturated carbocycles. The quantitative estimate of drug-likeness (QED) is 0.728. The third kappa shape index (κ3) is 2.42. The van der Waals surface area contributed by atoms with Crippen LogP contribution in [0.5, 0.6) is 0 Å². The minimum absolute atomic E-state index is 0.00371. The van der Waals surface area contributed by atoms with Gasteiger partial charge in [0.25, 0.3) is 0 Å². The second kappa shape index (κ2) is 4.53. The van der Waals surface area contributed by atoms with Gasteiger partial charge in [-0.1, -0.05) is 18.2 Å². The van der Waals surface area contributed by atoms with Crippen molar-refractivity contribution in [2.24, 2.45) is 0 Å². The monoisotopic (exact) mass is 210 g/mol. The molecular weight excluding hydrogens is 198 g/mol. The minimum Gasteiger partial charge on any atom is -0.374 e. The van der Waals surface area contributed by atoms with E-state index in [0.717, 1.165) is 19.4 Å². The van der Waals surface area contributed by atoms with E-state index in [9.17, 15) is 8.78 Å². The summed E-state index contributed by atoms with van der Waals surface area (Å²) in [5.74, 6) is -1.08. The summed E-state index contributed by atoms with van der Waals surface area (Å²) in [5.41, 5.74) is 0.00741. The van der Waals surface area contributed by atoms with Crippen LogP contribution in [0, 0.1) is 11.6 Å². The Balaban J connectivity index is 2.15. The average Bonchev–Trinajstić information content (AvgIpc) is 2.70. The highest BCUT2D eigenvalue weighted by molar-refractivity contribution is 5.51. The van der Waals surface area contributed by atoms with Crippen LogP contribution in [-0.2, 0) is 4.74 Å².